The molecule has 8 heteroatoms. The number of nitro benzene ring substituents is 1. The van der Waals surface area contributed by atoms with E-state index in [-0.39, 0.29) is 28.2 Å². The molecule has 1 fully saturated rings. The summed E-state index contributed by atoms with van der Waals surface area (Å²) in [6, 6.07) is 9.29. The minimum absolute atomic E-state index is 0.137. The highest BCUT2D eigenvalue weighted by atomic mass is 35.5. The fourth-order valence-corrected chi connectivity index (χ4v) is 3.56. The van der Waals surface area contributed by atoms with Crippen molar-refractivity contribution in [3.63, 3.8) is 0 Å². The Bertz CT molecular complexity index is 886. The van der Waals surface area contributed by atoms with Gasteiger partial charge in [-0.05, 0) is 36.6 Å². The third kappa shape index (κ3) is 3.68. The molecule has 142 valence electrons. The van der Waals surface area contributed by atoms with Gasteiger partial charge in [0.25, 0.3) is 11.6 Å². The summed E-state index contributed by atoms with van der Waals surface area (Å²) < 4.78 is 10.6. The van der Waals surface area contributed by atoms with Crippen LogP contribution < -0.4 is 9.47 Å². The molecule has 1 aliphatic heterocycles. The number of hydrogen-bond acceptors (Lipinski definition) is 5. The Balaban J connectivity index is 1.94. The van der Waals surface area contributed by atoms with Crippen LogP contribution in [0.3, 0.4) is 0 Å². The molecule has 0 radical (unpaired) electrons. The van der Waals surface area contributed by atoms with E-state index in [1.54, 1.807) is 25.2 Å². The third-order valence-corrected chi connectivity index (χ3v) is 5.03. The fourth-order valence-electron chi connectivity index (χ4n) is 3.36. The van der Waals surface area contributed by atoms with Crippen LogP contribution in [-0.4, -0.2) is 36.5 Å². The molecule has 0 saturated carbocycles. The summed E-state index contributed by atoms with van der Waals surface area (Å²) in [5.41, 5.74) is 0.892. The number of carbonyl (C=O) groups is 1. The van der Waals surface area contributed by atoms with Crippen molar-refractivity contribution in [2.45, 2.75) is 18.9 Å². The molecule has 27 heavy (non-hydrogen) atoms. The molecule has 0 bridgehead atoms. The summed E-state index contributed by atoms with van der Waals surface area (Å²) in [5, 5.41) is 11.2. The Hall–Kier alpha value is -2.80. The average Bonchev–Trinajstić information content (AvgIpc) is 3.16. The van der Waals surface area contributed by atoms with E-state index in [4.69, 9.17) is 21.1 Å². The van der Waals surface area contributed by atoms with Crippen LogP contribution in [0.25, 0.3) is 0 Å². The van der Waals surface area contributed by atoms with E-state index in [9.17, 15) is 14.9 Å². The number of rotatable bonds is 5. The van der Waals surface area contributed by atoms with Crippen LogP contribution in [0.4, 0.5) is 5.69 Å². The van der Waals surface area contributed by atoms with Gasteiger partial charge >= 0.3 is 0 Å². The molecule has 0 N–H and O–H groups in total. The SMILES string of the molecule is COc1ccc(C2CCCN2C(=O)c2cc([N+](=O)[O-])ccc2Cl)cc1OC. The van der Waals surface area contributed by atoms with Gasteiger partial charge < -0.3 is 14.4 Å². The van der Waals surface area contributed by atoms with Crippen LogP contribution in [0, 0.1) is 10.1 Å². The van der Waals surface area contributed by atoms with Crippen LogP contribution in [0.1, 0.15) is 34.8 Å². The first-order valence-corrected chi connectivity index (χ1v) is 8.81. The highest BCUT2D eigenvalue weighted by molar-refractivity contribution is 6.34. The number of halogens is 1. The molecule has 1 aliphatic rings. The first-order valence-electron chi connectivity index (χ1n) is 8.43. The van der Waals surface area contributed by atoms with Crippen molar-refractivity contribution in [1.29, 1.82) is 0 Å². The number of ether oxygens (including phenoxy) is 2. The lowest BCUT2D eigenvalue weighted by atomic mass is 10.0. The molecule has 0 spiro atoms. The minimum atomic E-state index is -0.539. The number of nitro groups is 1. The molecule has 2 aromatic rings. The van der Waals surface area contributed by atoms with Crippen LogP contribution >= 0.6 is 11.6 Å². The fraction of sp³-hybridized carbons (Fsp3) is 0.316. The Morgan fingerprint density at radius 1 is 1.19 bits per heavy atom. The average molecular weight is 391 g/mol. The molecule has 1 atom stereocenters. The summed E-state index contributed by atoms with van der Waals surface area (Å²) in [5.74, 6) is 0.877. The summed E-state index contributed by atoms with van der Waals surface area (Å²) in [7, 11) is 3.12. The Morgan fingerprint density at radius 3 is 2.59 bits per heavy atom. The highest BCUT2D eigenvalue weighted by Crippen LogP contribution is 2.38. The zero-order chi connectivity index (χ0) is 19.6. The number of hydrogen-bond donors (Lipinski definition) is 0. The van der Waals surface area contributed by atoms with E-state index in [2.05, 4.69) is 0 Å². The van der Waals surface area contributed by atoms with Gasteiger partial charge in [0.15, 0.2) is 11.5 Å². The van der Waals surface area contributed by atoms with Gasteiger partial charge in [0.1, 0.15) is 0 Å². The van der Waals surface area contributed by atoms with Gasteiger partial charge in [0.2, 0.25) is 0 Å². The molecular weight excluding hydrogens is 372 g/mol. The third-order valence-electron chi connectivity index (χ3n) is 4.70. The summed E-state index contributed by atoms with van der Waals surface area (Å²) in [6.45, 7) is 0.552. The van der Waals surface area contributed by atoms with Crippen LogP contribution in [0.5, 0.6) is 11.5 Å². The largest absolute Gasteiger partial charge is 0.493 e. The molecule has 1 amide bonds. The predicted octanol–water partition coefficient (Wildman–Crippen LogP) is 4.24. The monoisotopic (exact) mass is 390 g/mol. The van der Waals surface area contributed by atoms with Gasteiger partial charge in [0, 0.05) is 18.7 Å². The van der Waals surface area contributed by atoms with Crippen molar-refractivity contribution in [3.8, 4) is 11.5 Å². The number of amides is 1. The van der Waals surface area contributed by atoms with Crippen LogP contribution in [0.15, 0.2) is 36.4 Å². The van der Waals surface area contributed by atoms with Gasteiger partial charge in [-0.1, -0.05) is 17.7 Å². The van der Waals surface area contributed by atoms with E-state index in [0.29, 0.717) is 18.0 Å². The molecule has 2 aromatic carbocycles. The second-order valence-electron chi connectivity index (χ2n) is 6.19. The van der Waals surface area contributed by atoms with E-state index >= 15 is 0 Å². The lowest BCUT2D eigenvalue weighted by Crippen LogP contribution is -2.30. The maximum atomic E-state index is 13.1. The summed E-state index contributed by atoms with van der Waals surface area (Å²) in [6.07, 6.45) is 1.62. The van der Waals surface area contributed by atoms with E-state index in [1.807, 2.05) is 12.1 Å². The first-order chi connectivity index (χ1) is 13.0. The molecule has 1 heterocycles. The Morgan fingerprint density at radius 2 is 1.93 bits per heavy atom. The second-order valence-corrected chi connectivity index (χ2v) is 6.60. The van der Waals surface area contributed by atoms with Crippen LogP contribution in [0.2, 0.25) is 5.02 Å². The predicted molar refractivity (Wildman–Crippen MR) is 101 cm³/mol. The molecule has 1 saturated heterocycles. The van der Waals surface area contributed by atoms with Crippen molar-refractivity contribution in [1.82, 2.24) is 4.90 Å². The lowest BCUT2D eigenvalue weighted by molar-refractivity contribution is -0.384. The van der Waals surface area contributed by atoms with Crippen molar-refractivity contribution in [2.24, 2.45) is 0 Å². The smallest absolute Gasteiger partial charge is 0.270 e. The van der Waals surface area contributed by atoms with Gasteiger partial charge in [-0.25, -0.2) is 0 Å². The number of carbonyl (C=O) groups excluding carboxylic acids is 1. The zero-order valence-electron chi connectivity index (χ0n) is 15.0. The maximum absolute atomic E-state index is 13.1. The number of non-ortho nitro benzene ring substituents is 1. The molecule has 7 nitrogen and oxygen atoms in total. The van der Waals surface area contributed by atoms with Gasteiger partial charge in [-0.3, -0.25) is 14.9 Å². The number of likely N-dealkylation sites (tertiary alicyclic amines) is 1. The molecule has 0 aromatic heterocycles. The standard InChI is InChI=1S/C19H19ClN2O5/c1-26-17-8-5-12(10-18(17)27-2)16-4-3-9-21(16)19(23)14-11-13(22(24)25)6-7-15(14)20/h5-8,10-11,16H,3-4,9H2,1-2H3. The van der Waals surface area contributed by atoms with E-state index in [0.717, 1.165) is 18.4 Å². The normalized spacial score (nSPS) is 16.3. The molecule has 0 aliphatic carbocycles. The second kappa shape index (κ2) is 7.84. The van der Waals surface area contributed by atoms with Crippen molar-refractivity contribution in [3.05, 3.63) is 62.7 Å². The number of benzene rings is 2. The summed E-state index contributed by atoms with van der Waals surface area (Å²) in [4.78, 5) is 25.3. The van der Waals surface area contributed by atoms with Crippen molar-refractivity contribution < 1.29 is 19.2 Å². The molecule has 1 unspecified atom stereocenters. The topological polar surface area (TPSA) is 81.9 Å². The number of methoxy groups -OCH3 is 2. The Kier molecular flexibility index (Phi) is 5.51. The van der Waals surface area contributed by atoms with E-state index in [1.165, 1.54) is 18.2 Å². The Labute approximate surface area is 161 Å². The van der Waals surface area contributed by atoms with Gasteiger partial charge in [-0.15, -0.1) is 0 Å². The maximum Gasteiger partial charge on any atom is 0.270 e. The van der Waals surface area contributed by atoms with Gasteiger partial charge in [-0.2, -0.15) is 0 Å². The first kappa shape index (κ1) is 19.0. The zero-order valence-corrected chi connectivity index (χ0v) is 15.7. The summed E-state index contributed by atoms with van der Waals surface area (Å²) >= 11 is 6.15. The highest BCUT2D eigenvalue weighted by Gasteiger charge is 2.32. The molecule has 3 rings (SSSR count). The lowest BCUT2D eigenvalue weighted by Gasteiger charge is -2.26. The minimum Gasteiger partial charge on any atom is -0.493 e. The van der Waals surface area contributed by atoms with Gasteiger partial charge in [0.05, 0.1) is 35.8 Å². The quantitative estimate of drug-likeness (QED) is 0.563. The van der Waals surface area contributed by atoms with Crippen molar-refractivity contribution in [2.75, 3.05) is 20.8 Å². The number of nitrogens with zero attached hydrogens (tertiary/aromatic N) is 2. The van der Waals surface area contributed by atoms with Crippen molar-refractivity contribution >= 4 is 23.2 Å². The van der Waals surface area contributed by atoms with Crippen LogP contribution in [-0.2, 0) is 0 Å². The van der Waals surface area contributed by atoms with E-state index < -0.39 is 4.92 Å². The molecular formula is C19H19ClN2O5.